The highest BCUT2D eigenvalue weighted by atomic mass is 16.5. The number of aromatic nitrogens is 1. The minimum Gasteiger partial charge on any atom is -0.459 e. The summed E-state index contributed by atoms with van der Waals surface area (Å²) in [5, 5.41) is 6.03. The van der Waals surface area contributed by atoms with E-state index in [-0.39, 0.29) is 24.1 Å². The lowest BCUT2D eigenvalue weighted by atomic mass is 9.98. The Morgan fingerprint density at radius 1 is 1.25 bits per heavy atom. The molecule has 1 amide bonds. The van der Waals surface area contributed by atoms with Gasteiger partial charge in [0, 0.05) is 5.92 Å². The quantitative estimate of drug-likeness (QED) is 0.712. The molecule has 2 heterocycles. The average Bonchev–Trinajstić information content (AvgIpc) is 3.22. The maximum absolute atomic E-state index is 12.6. The summed E-state index contributed by atoms with van der Waals surface area (Å²) in [4.78, 5) is 29.4. The monoisotopic (exact) mass is 385 g/mol. The first-order valence-electron chi connectivity index (χ1n) is 9.72. The largest absolute Gasteiger partial charge is 0.459 e. The molecule has 1 unspecified atom stereocenters. The molecule has 1 atom stereocenters. The van der Waals surface area contributed by atoms with E-state index < -0.39 is 17.9 Å². The van der Waals surface area contributed by atoms with Gasteiger partial charge in [-0.25, -0.2) is 9.78 Å². The van der Waals surface area contributed by atoms with Crippen LogP contribution in [0.1, 0.15) is 54.5 Å². The van der Waals surface area contributed by atoms with Crippen molar-refractivity contribution in [3.05, 3.63) is 53.7 Å². The zero-order chi connectivity index (χ0) is 19.9. The molecule has 0 aliphatic carbocycles. The molecule has 7 heteroatoms. The molecule has 1 aliphatic heterocycles. The third kappa shape index (κ3) is 5.19. The number of nitrogens with one attached hydrogen (secondary N) is 2. The first-order chi connectivity index (χ1) is 13.5. The topological polar surface area (TPSA) is 93.5 Å². The molecular weight excluding hydrogens is 358 g/mol. The summed E-state index contributed by atoms with van der Waals surface area (Å²) in [5.41, 5.74) is 1.09. The van der Waals surface area contributed by atoms with Crippen LogP contribution in [0.4, 0.5) is 0 Å². The maximum Gasteiger partial charge on any atom is 0.329 e. The van der Waals surface area contributed by atoms with Gasteiger partial charge in [0.2, 0.25) is 0 Å². The molecule has 1 fully saturated rings. The third-order valence-corrected chi connectivity index (χ3v) is 4.87. The zero-order valence-corrected chi connectivity index (χ0v) is 16.3. The number of carbonyl (C=O) groups excluding carboxylic acids is 2. The van der Waals surface area contributed by atoms with Crippen molar-refractivity contribution in [2.45, 2.75) is 45.3 Å². The summed E-state index contributed by atoms with van der Waals surface area (Å²) in [5.74, 6) is -0.212. The fraction of sp³-hybridized carbons (Fsp3) is 0.476. The molecule has 0 radical (unpaired) electrons. The molecule has 1 aliphatic rings. The van der Waals surface area contributed by atoms with E-state index in [9.17, 15) is 9.59 Å². The van der Waals surface area contributed by atoms with Crippen molar-refractivity contribution in [2.75, 3.05) is 13.1 Å². The standard InChI is InChI=1S/C21H27N3O4/c1-14(2)18(21(26)28-12-15-6-4-3-5-7-15)24-19(25)17-13-27-20(23-17)16-8-10-22-11-9-16/h3-7,13-14,16,18,22H,8-12H2,1-2H3,(H,24,25). The van der Waals surface area contributed by atoms with Gasteiger partial charge in [0.25, 0.3) is 5.91 Å². The van der Waals surface area contributed by atoms with Crippen molar-refractivity contribution in [1.29, 1.82) is 0 Å². The van der Waals surface area contributed by atoms with Crippen LogP contribution in [0.2, 0.25) is 0 Å². The Morgan fingerprint density at radius 3 is 2.64 bits per heavy atom. The van der Waals surface area contributed by atoms with E-state index in [0.29, 0.717) is 5.89 Å². The second-order valence-electron chi connectivity index (χ2n) is 7.38. The van der Waals surface area contributed by atoms with Crippen molar-refractivity contribution < 1.29 is 18.7 Å². The van der Waals surface area contributed by atoms with Crippen molar-refractivity contribution in [3.63, 3.8) is 0 Å². The number of rotatable bonds is 7. The van der Waals surface area contributed by atoms with Gasteiger partial charge in [0.15, 0.2) is 11.6 Å². The van der Waals surface area contributed by atoms with Crippen LogP contribution in [0, 0.1) is 5.92 Å². The predicted molar refractivity (Wildman–Crippen MR) is 104 cm³/mol. The lowest BCUT2D eigenvalue weighted by Gasteiger charge is -2.20. The zero-order valence-electron chi connectivity index (χ0n) is 16.3. The summed E-state index contributed by atoms with van der Waals surface area (Å²) < 4.78 is 10.9. The third-order valence-electron chi connectivity index (χ3n) is 4.87. The van der Waals surface area contributed by atoms with Crippen LogP contribution in [0.25, 0.3) is 0 Å². The minimum absolute atomic E-state index is 0.122. The van der Waals surface area contributed by atoms with Crippen LogP contribution >= 0.6 is 0 Å². The van der Waals surface area contributed by atoms with E-state index in [1.54, 1.807) is 0 Å². The van der Waals surface area contributed by atoms with Gasteiger partial charge in [-0.15, -0.1) is 0 Å². The average molecular weight is 385 g/mol. The van der Waals surface area contributed by atoms with E-state index >= 15 is 0 Å². The van der Waals surface area contributed by atoms with E-state index in [0.717, 1.165) is 31.5 Å². The van der Waals surface area contributed by atoms with Gasteiger partial charge in [-0.05, 0) is 37.4 Å². The van der Waals surface area contributed by atoms with Crippen molar-refractivity contribution in [3.8, 4) is 0 Å². The second-order valence-corrected chi connectivity index (χ2v) is 7.38. The fourth-order valence-corrected chi connectivity index (χ4v) is 3.18. The normalized spacial score (nSPS) is 16.0. The van der Waals surface area contributed by atoms with Crippen molar-refractivity contribution >= 4 is 11.9 Å². The number of ether oxygens (including phenoxy) is 1. The van der Waals surface area contributed by atoms with Gasteiger partial charge in [-0.3, -0.25) is 4.79 Å². The van der Waals surface area contributed by atoms with Gasteiger partial charge in [0.05, 0.1) is 0 Å². The molecule has 150 valence electrons. The van der Waals surface area contributed by atoms with Crippen molar-refractivity contribution in [1.82, 2.24) is 15.6 Å². The molecule has 3 rings (SSSR count). The minimum atomic E-state index is -0.754. The molecule has 1 aromatic carbocycles. The summed E-state index contributed by atoms with van der Waals surface area (Å²) in [6, 6.07) is 8.68. The molecule has 28 heavy (non-hydrogen) atoms. The number of oxazole rings is 1. The lowest BCUT2D eigenvalue weighted by Crippen LogP contribution is -2.45. The molecule has 0 spiro atoms. The highest BCUT2D eigenvalue weighted by Crippen LogP contribution is 2.24. The Morgan fingerprint density at radius 2 is 1.96 bits per heavy atom. The van der Waals surface area contributed by atoms with Gasteiger partial charge in [-0.1, -0.05) is 44.2 Å². The Kier molecular flexibility index (Phi) is 6.81. The number of hydrogen-bond acceptors (Lipinski definition) is 6. The Hall–Kier alpha value is -2.67. The summed E-state index contributed by atoms with van der Waals surface area (Å²) in [7, 11) is 0. The van der Waals surface area contributed by atoms with Crippen LogP contribution < -0.4 is 10.6 Å². The highest BCUT2D eigenvalue weighted by molar-refractivity contribution is 5.95. The second kappa shape index (κ2) is 9.50. The number of piperidine rings is 1. The Bertz CT molecular complexity index is 782. The molecule has 2 N–H and O–H groups in total. The molecule has 0 saturated carbocycles. The molecule has 1 aromatic heterocycles. The summed E-state index contributed by atoms with van der Waals surface area (Å²) in [6.45, 7) is 5.72. The van der Waals surface area contributed by atoms with Crippen LogP contribution in [0.3, 0.4) is 0 Å². The van der Waals surface area contributed by atoms with Crippen LogP contribution in [-0.2, 0) is 16.1 Å². The Balaban J connectivity index is 1.59. The first kappa shape index (κ1) is 20.1. The smallest absolute Gasteiger partial charge is 0.329 e. The first-order valence-corrected chi connectivity index (χ1v) is 9.72. The number of esters is 1. The number of nitrogens with zero attached hydrogens (tertiary/aromatic N) is 1. The number of hydrogen-bond donors (Lipinski definition) is 2. The van der Waals surface area contributed by atoms with Gasteiger partial charge >= 0.3 is 5.97 Å². The van der Waals surface area contributed by atoms with Gasteiger partial charge < -0.3 is 19.8 Å². The summed E-state index contributed by atoms with van der Waals surface area (Å²) >= 11 is 0. The number of amides is 1. The lowest BCUT2D eigenvalue weighted by molar-refractivity contribution is -0.148. The molecule has 7 nitrogen and oxygen atoms in total. The van der Waals surface area contributed by atoms with Gasteiger partial charge in [-0.2, -0.15) is 0 Å². The van der Waals surface area contributed by atoms with E-state index in [1.165, 1.54) is 6.26 Å². The van der Waals surface area contributed by atoms with Crippen molar-refractivity contribution in [2.24, 2.45) is 5.92 Å². The van der Waals surface area contributed by atoms with Crippen LogP contribution in [-0.4, -0.2) is 36.0 Å². The highest BCUT2D eigenvalue weighted by Gasteiger charge is 2.28. The van der Waals surface area contributed by atoms with Crippen LogP contribution in [0.15, 0.2) is 41.0 Å². The predicted octanol–water partition coefficient (Wildman–Crippen LogP) is 2.64. The number of carbonyl (C=O) groups is 2. The summed E-state index contributed by atoms with van der Waals surface area (Å²) in [6.07, 6.45) is 3.23. The SMILES string of the molecule is CC(C)C(NC(=O)c1coc(C2CCNCC2)n1)C(=O)OCc1ccccc1. The molecule has 1 saturated heterocycles. The van der Waals surface area contributed by atoms with Gasteiger partial charge in [0.1, 0.15) is 18.9 Å². The fourth-order valence-electron chi connectivity index (χ4n) is 3.18. The maximum atomic E-state index is 12.6. The molecule has 2 aromatic rings. The van der Waals surface area contributed by atoms with E-state index in [2.05, 4.69) is 15.6 Å². The molecule has 0 bridgehead atoms. The van der Waals surface area contributed by atoms with E-state index in [1.807, 2.05) is 44.2 Å². The Labute approximate surface area is 164 Å². The number of benzene rings is 1. The van der Waals surface area contributed by atoms with E-state index in [4.69, 9.17) is 9.15 Å². The van der Waals surface area contributed by atoms with Crippen LogP contribution in [0.5, 0.6) is 0 Å². The molecular formula is C21H27N3O4.